The van der Waals surface area contributed by atoms with Gasteiger partial charge in [-0.15, -0.1) is 0 Å². The Bertz CT molecular complexity index is 480. The zero-order valence-corrected chi connectivity index (χ0v) is 10.9. The topological polar surface area (TPSA) is 99.0 Å². The Hall–Kier alpha value is -1.63. The fourth-order valence-electron chi connectivity index (χ4n) is 2.17. The van der Waals surface area contributed by atoms with Gasteiger partial charge in [-0.25, -0.2) is 0 Å². The highest BCUT2D eigenvalue weighted by Crippen LogP contribution is 2.42. The van der Waals surface area contributed by atoms with Crippen molar-refractivity contribution in [2.45, 2.75) is 32.2 Å². The van der Waals surface area contributed by atoms with E-state index in [1.165, 1.54) is 0 Å². The van der Waals surface area contributed by atoms with Crippen molar-refractivity contribution in [1.82, 2.24) is 9.55 Å². The number of hydrogen-bond acceptors (Lipinski definition) is 5. The van der Waals surface area contributed by atoms with Gasteiger partial charge in [0, 0.05) is 20.5 Å². The smallest absolute Gasteiger partial charge is 0.358 e. The minimum Gasteiger partial charge on any atom is -0.358 e. The molecule has 1 fully saturated rings. The summed E-state index contributed by atoms with van der Waals surface area (Å²) in [5.41, 5.74) is 5.52. The highest BCUT2D eigenvalue weighted by atomic mass is 16.6. The number of nitrogens with two attached hydrogens (primary N) is 1. The predicted octanol–water partition coefficient (Wildman–Crippen LogP) is 1.18. The van der Waals surface area contributed by atoms with Gasteiger partial charge in [-0.1, -0.05) is 0 Å². The molecule has 0 saturated heterocycles. The molecule has 18 heavy (non-hydrogen) atoms. The summed E-state index contributed by atoms with van der Waals surface area (Å²) >= 11 is 0. The van der Waals surface area contributed by atoms with Gasteiger partial charge in [-0.3, -0.25) is 4.57 Å². The number of rotatable bonds is 5. The summed E-state index contributed by atoms with van der Waals surface area (Å²) in [7, 11) is 1.77. The zero-order valence-electron chi connectivity index (χ0n) is 10.9. The lowest BCUT2D eigenvalue weighted by molar-refractivity contribution is -0.388. The Morgan fingerprint density at radius 3 is 2.72 bits per heavy atom. The van der Waals surface area contributed by atoms with Gasteiger partial charge in [0.1, 0.15) is 0 Å². The summed E-state index contributed by atoms with van der Waals surface area (Å²) < 4.78 is 1.70. The highest BCUT2D eigenvalue weighted by molar-refractivity contribution is 5.55. The lowest BCUT2D eigenvalue weighted by Gasteiger charge is -2.30. The second kappa shape index (κ2) is 4.24. The van der Waals surface area contributed by atoms with Crippen molar-refractivity contribution >= 4 is 11.6 Å². The molecule has 100 valence electrons. The zero-order chi connectivity index (χ0) is 13.5. The Kier molecular flexibility index (Phi) is 3.02. The predicted molar refractivity (Wildman–Crippen MR) is 68.4 cm³/mol. The van der Waals surface area contributed by atoms with Crippen LogP contribution in [-0.4, -0.2) is 26.6 Å². The molecule has 7 heteroatoms. The van der Waals surface area contributed by atoms with E-state index >= 15 is 0 Å². The molecule has 1 aliphatic carbocycles. The number of nitrogens with one attached hydrogen (secondary N) is 1. The van der Waals surface area contributed by atoms with Gasteiger partial charge in [0.2, 0.25) is 11.6 Å². The molecule has 1 unspecified atom stereocenters. The van der Waals surface area contributed by atoms with Crippen molar-refractivity contribution < 1.29 is 4.92 Å². The van der Waals surface area contributed by atoms with Gasteiger partial charge >= 0.3 is 5.82 Å². The maximum atomic E-state index is 11.0. The third-order valence-electron chi connectivity index (χ3n) is 3.78. The van der Waals surface area contributed by atoms with Crippen LogP contribution in [0.15, 0.2) is 0 Å². The fraction of sp³-hybridized carbons (Fsp3) is 0.727. The van der Waals surface area contributed by atoms with E-state index in [1.807, 2.05) is 6.92 Å². The molecule has 1 aromatic heterocycles. The third-order valence-corrected chi connectivity index (χ3v) is 3.78. The molecule has 1 aromatic rings. The van der Waals surface area contributed by atoms with E-state index in [2.05, 4.69) is 10.3 Å². The standard InChI is InChI=1S/C11H19N5O2/c1-7-13-9(16(17)18)10(15(7)3)14-11(2,6-12)8-4-5-8/h8,14H,4-6,12H2,1-3H3. The third kappa shape index (κ3) is 2.05. The summed E-state index contributed by atoms with van der Waals surface area (Å²) in [6.07, 6.45) is 2.23. The van der Waals surface area contributed by atoms with E-state index in [9.17, 15) is 10.1 Å². The Morgan fingerprint density at radius 2 is 2.28 bits per heavy atom. The molecule has 7 nitrogen and oxygen atoms in total. The van der Waals surface area contributed by atoms with Crippen LogP contribution in [-0.2, 0) is 7.05 Å². The van der Waals surface area contributed by atoms with Crippen molar-refractivity contribution in [3.63, 3.8) is 0 Å². The average molecular weight is 253 g/mol. The van der Waals surface area contributed by atoms with E-state index in [1.54, 1.807) is 18.5 Å². The molecule has 0 spiro atoms. The van der Waals surface area contributed by atoms with E-state index in [4.69, 9.17) is 5.73 Å². The van der Waals surface area contributed by atoms with Gasteiger partial charge in [0.25, 0.3) is 0 Å². The first-order valence-electron chi connectivity index (χ1n) is 6.05. The molecule has 3 N–H and O–H groups in total. The van der Waals surface area contributed by atoms with Crippen LogP contribution < -0.4 is 11.1 Å². The van der Waals surface area contributed by atoms with Gasteiger partial charge in [-0.05, 0) is 35.6 Å². The number of nitro groups is 1. The first kappa shape index (κ1) is 12.8. The lowest BCUT2D eigenvalue weighted by atomic mass is 9.96. The SMILES string of the molecule is Cc1nc([N+](=O)[O-])c(NC(C)(CN)C2CC2)n1C. The van der Waals surface area contributed by atoms with Crippen LogP contribution in [0.5, 0.6) is 0 Å². The summed E-state index contributed by atoms with van der Waals surface area (Å²) in [6.45, 7) is 4.20. The average Bonchev–Trinajstić information content (AvgIpc) is 3.12. The van der Waals surface area contributed by atoms with Crippen LogP contribution in [0.1, 0.15) is 25.6 Å². The van der Waals surface area contributed by atoms with Crippen molar-refractivity contribution in [2.24, 2.45) is 18.7 Å². The van der Waals surface area contributed by atoms with E-state index in [-0.39, 0.29) is 11.4 Å². The summed E-state index contributed by atoms with van der Waals surface area (Å²) in [5.74, 6) is 1.41. The minimum atomic E-state index is -0.459. The molecule has 1 atom stereocenters. The largest absolute Gasteiger partial charge is 0.406 e. The number of aromatic nitrogens is 2. The van der Waals surface area contributed by atoms with Crippen LogP contribution in [0.4, 0.5) is 11.6 Å². The highest BCUT2D eigenvalue weighted by Gasteiger charge is 2.42. The van der Waals surface area contributed by atoms with Crippen molar-refractivity contribution in [3.05, 3.63) is 15.9 Å². The number of imidazole rings is 1. The van der Waals surface area contributed by atoms with Gasteiger partial charge in [-0.2, -0.15) is 0 Å². The molecule has 0 amide bonds. The number of hydrogen-bond donors (Lipinski definition) is 2. The quantitative estimate of drug-likeness (QED) is 0.606. The van der Waals surface area contributed by atoms with Crippen molar-refractivity contribution in [3.8, 4) is 0 Å². The summed E-state index contributed by atoms with van der Waals surface area (Å²) in [5, 5.41) is 14.2. The first-order chi connectivity index (χ1) is 8.39. The maximum absolute atomic E-state index is 11.0. The maximum Gasteiger partial charge on any atom is 0.406 e. The Labute approximate surface area is 106 Å². The molecule has 1 aliphatic rings. The van der Waals surface area contributed by atoms with Crippen LogP contribution in [0.2, 0.25) is 0 Å². The molecule has 0 bridgehead atoms. The molecule has 1 heterocycles. The Balaban J connectivity index is 2.35. The van der Waals surface area contributed by atoms with Crippen LogP contribution >= 0.6 is 0 Å². The van der Waals surface area contributed by atoms with E-state index < -0.39 is 4.92 Å². The number of anilines is 1. The molecular weight excluding hydrogens is 234 g/mol. The summed E-state index contributed by atoms with van der Waals surface area (Å²) in [4.78, 5) is 14.5. The fourth-order valence-corrected chi connectivity index (χ4v) is 2.17. The molecule has 1 saturated carbocycles. The summed E-state index contributed by atoms with van der Waals surface area (Å²) in [6, 6.07) is 0. The molecule has 2 rings (SSSR count). The van der Waals surface area contributed by atoms with E-state index in [0.29, 0.717) is 24.1 Å². The van der Waals surface area contributed by atoms with Crippen LogP contribution in [0, 0.1) is 23.0 Å². The molecule has 0 aromatic carbocycles. The normalized spacial score (nSPS) is 18.4. The van der Waals surface area contributed by atoms with Gasteiger partial charge < -0.3 is 21.2 Å². The van der Waals surface area contributed by atoms with Crippen LogP contribution in [0.25, 0.3) is 0 Å². The number of aryl methyl sites for hydroxylation is 1. The minimum absolute atomic E-state index is 0.129. The molecular formula is C11H19N5O2. The molecule has 0 radical (unpaired) electrons. The lowest BCUT2D eigenvalue weighted by Crippen LogP contribution is -2.45. The monoisotopic (exact) mass is 253 g/mol. The molecule has 0 aliphatic heterocycles. The van der Waals surface area contributed by atoms with Gasteiger partial charge in [0.15, 0.2) is 0 Å². The number of nitrogens with zero attached hydrogens (tertiary/aromatic N) is 3. The second-order valence-electron chi connectivity index (χ2n) is 5.17. The van der Waals surface area contributed by atoms with Crippen molar-refractivity contribution in [1.29, 1.82) is 0 Å². The second-order valence-corrected chi connectivity index (χ2v) is 5.17. The Morgan fingerprint density at radius 1 is 1.67 bits per heavy atom. The first-order valence-corrected chi connectivity index (χ1v) is 6.05. The van der Waals surface area contributed by atoms with Crippen molar-refractivity contribution in [2.75, 3.05) is 11.9 Å². The van der Waals surface area contributed by atoms with Gasteiger partial charge in [0.05, 0.1) is 5.54 Å². The van der Waals surface area contributed by atoms with Crippen LogP contribution in [0.3, 0.4) is 0 Å². The van der Waals surface area contributed by atoms with E-state index in [0.717, 1.165) is 12.8 Å².